The first kappa shape index (κ1) is 23.5. The van der Waals surface area contributed by atoms with Gasteiger partial charge in [0.25, 0.3) is 0 Å². The summed E-state index contributed by atoms with van der Waals surface area (Å²) in [5.74, 6) is 4.57. The Morgan fingerprint density at radius 2 is 0.812 bits per heavy atom. The molecular weight excluding hydrogens is 404 g/mol. The zero-order valence-corrected chi connectivity index (χ0v) is 20.8. The number of nitrogens with zero attached hydrogens (tertiary/aromatic N) is 2. The Morgan fingerprint density at radius 1 is 0.531 bits per heavy atom. The zero-order chi connectivity index (χ0) is 22.2. The van der Waals surface area contributed by atoms with Gasteiger partial charge in [0, 0.05) is 39.3 Å². The summed E-state index contributed by atoms with van der Waals surface area (Å²) in [4.78, 5) is 5.35. The number of ether oxygens (including phenoxy) is 4. The summed E-state index contributed by atoms with van der Waals surface area (Å²) in [5.41, 5.74) is 0. The summed E-state index contributed by atoms with van der Waals surface area (Å²) in [6.07, 6.45) is 4.57. The maximum absolute atomic E-state index is 5.59. The molecule has 1 saturated carbocycles. The molecule has 0 spiro atoms. The van der Waals surface area contributed by atoms with Gasteiger partial charge in [-0.05, 0) is 48.3 Å². The second-order valence-corrected chi connectivity index (χ2v) is 12.0. The SMILES string of the molecule is CC(C)C1C(CN(CC2CO2)CC2CO2)CCC(CN(CC2CO2)CC2CO2)C1C(C)C. The smallest absolute Gasteiger partial charge is 0.0936 e. The lowest BCUT2D eigenvalue weighted by molar-refractivity contribution is -0.00868. The maximum Gasteiger partial charge on any atom is 0.0936 e. The first-order valence-corrected chi connectivity index (χ1v) is 13.4. The molecule has 1 aliphatic carbocycles. The third-order valence-electron chi connectivity index (χ3n) is 8.42. The van der Waals surface area contributed by atoms with Gasteiger partial charge in [-0.3, -0.25) is 9.80 Å². The fourth-order valence-electron chi connectivity index (χ4n) is 6.80. The summed E-state index contributed by atoms with van der Waals surface area (Å²) in [6, 6.07) is 0. The Bertz CT molecular complexity index is 521. The van der Waals surface area contributed by atoms with Crippen LogP contribution in [0.25, 0.3) is 0 Å². The molecule has 4 heterocycles. The molecule has 5 rings (SSSR count). The van der Waals surface area contributed by atoms with Gasteiger partial charge < -0.3 is 18.9 Å². The highest BCUT2D eigenvalue weighted by atomic mass is 16.6. The lowest BCUT2D eigenvalue weighted by atomic mass is 9.59. The van der Waals surface area contributed by atoms with E-state index in [0.717, 1.165) is 88.1 Å². The molecule has 0 aromatic heterocycles. The van der Waals surface area contributed by atoms with Crippen LogP contribution in [0, 0.1) is 35.5 Å². The van der Waals surface area contributed by atoms with Crippen LogP contribution in [0.3, 0.4) is 0 Å². The van der Waals surface area contributed by atoms with Crippen LogP contribution in [-0.4, -0.2) is 99.9 Å². The van der Waals surface area contributed by atoms with Crippen LogP contribution in [0.15, 0.2) is 0 Å². The van der Waals surface area contributed by atoms with Crippen molar-refractivity contribution in [2.45, 2.75) is 65.0 Å². The third-order valence-corrected chi connectivity index (χ3v) is 8.42. The first-order valence-electron chi connectivity index (χ1n) is 13.4. The molecule has 0 N–H and O–H groups in total. The second-order valence-electron chi connectivity index (χ2n) is 12.0. The maximum atomic E-state index is 5.59. The normalized spacial score (nSPS) is 40.5. The molecule has 6 heteroatoms. The van der Waals surface area contributed by atoms with E-state index >= 15 is 0 Å². The molecule has 0 amide bonds. The molecule has 0 aromatic carbocycles. The van der Waals surface area contributed by atoms with Gasteiger partial charge in [0.1, 0.15) is 0 Å². The van der Waals surface area contributed by atoms with Crippen molar-refractivity contribution in [3.63, 3.8) is 0 Å². The number of hydrogen-bond donors (Lipinski definition) is 0. The van der Waals surface area contributed by atoms with E-state index in [1.165, 1.54) is 25.9 Å². The number of epoxide rings is 4. The number of hydrogen-bond acceptors (Lipinski definition) is 6. The van der Waals surface area contributed by atoms with Gasteiger partial charge in [-0.1, -0.05) is 27.7 Å². The monoisotopic (exact) mass is 450 g/mol. The highest BCUT2D eigenvalue weighted by molar-refractivity contribution is 4.94. The minimum Gasteiger partial charge on any atom is -0.372 e. The van der Waals surface area contributed by atoms with Gasteiger partial charge in [-0.15, -0.1) is 0 Å². The molecule has 4 aliphatic heterocycles. The van der Waals surface area contributed by atoms with Crippen molar-refractivity contribution in [2.75, 3.05) is 65.7 Å². The minimum atomic E-state index is 0.464. The highest BCUT2D eigenvalue weighted by Gasteiger charge is 2.44. The van der Waals surface area contributed by atoms with E-state index in [1.807, 2.05) is 0 Å². The molecule has 184 valence electrons. The van der Waals surface area contributed by atoms with Crippen molar-refractivity contribution in [3.8, 4) is 0 Å². The lowest BCUT2D eigenvalue weighted by Gasteiger charge is -2.49. The predicted molar refractivity (Wildman–Crippen MR) is 125 cm³/mol. The highest BCUT2D eigenvalue weighted by Crippen LogP contribution is 2.47. The van der Waals surface area contributed by atoms with Crippen LogP contribution in [0.5, 0.6) is 0 Å². The number of rotatable bonds is 14. The first-order chi connectivity index (χ1) is 15.5. The van der Waals surface area contributed by atoms with Crippen molar-refractivity contribution in [1.29, 1.82) is 0 Å². The van der Waals surface area contributed by atoms with E-state index in [1.54, 1.807) is 0 Å². The minimum absolute atomic E-state index is 0.464. The molecule has 0 aromatic rings. The topological polar surface area (TPSA) is 56.6 Å². The molecule has 8 unspecified atom stereocenters. The Labute approximate surface area is 195 Å². The zero-order valence-electron chi connectivity index (χ0n) is 20.8. The molecule has 32 heavy (non-hydrogen) atoms. The molecule has 5 aliphatic rings. The van der Waals surface area contributed by atoms with Gasteiger partial charge >= 0.3 is 0 Å². The lowest BCUT2D eigenvalue weighted by Crippen LogP contribution is -2.49. The van der Waals surface area contributed by atoms with Crippen molar-refractivity contribution in [2.24, 2.45) is 35.5 Å². The molecule has 5 fully saturated rings. The van der Waals surface area contributed by atoms with Crippen molar-refractivity contribution in [3.05, 3.63) is 0 Å². The second kappa shape index (κ2) is 10.2. The van der Waals surface area contributed by atoms with Crippen LogP contribution < -0.4 is 0 Å². The average molecular weight is 451 g/mol. The summed E-state index contributed by atoms with van der Waals surface area (Å²) < 4.78 is 22.4. The molecule has 8 atom stereocenters. The van der Waals surface area contributed by atoms with Crippen LogP contribution >= 0.6 is 0 Å². The van der Waals surface area contributed by atoms with Gasteiger partial charge in [0.05, 0.1) is 50.8 Å². The average Bonchev–Trinajstić information content (AvgIpc) is 3.57. The predicted octanol–water partition coefficient (Wildman–Crippen LogP) is 2.76. The van der Waals surface area contributed by atoms with Crippen LogP contribution in [0.4, 0.5) is 0 Å². The van der Waals surface area contributed by atoms with E-state index in [9.17, 15) is 0 Å². The Kier molecular flexibility index (Phi) is 7.47. The van der Waals surface area contributed by atoms with Crippen molar-refractivity contribution in [1.82, 2.24) is 9.80 Å². The molecule has 0 radical (unpaired) electrons. The van der Waals surface area contributed by atoms with E-state index < -0.39 is 0 Å². The van der Waals surface area contributed by atoms with E-state index in [4.69, 9.17) is 18.9 Å². The van der Waals surface area contributed by atoms with E-state index in [-0.39, 0.29) is 0 Å². The van der Waals surface area contributed by atoms with Crippen LogP contribution in [-0.2, 0) is 18.9 Å². The third kappa shape index (κ3) is 6.67. The van der Waals surface area contributed by atoms with Gasteiger partial charge in [-0.25, -0.2) is 0 Å². The van der Waals surface area contributed by atoms with E-state index in [2.05, 4.69) is 37.5 Å². The largest absolute Gasteiger partial charge is 0.372 e. The van der Waals surface area contributed by atoms with Gasteiger partial charge in [-0.2, -0.15) is 0 Å². The summed E-state index contributed by atoms with van der Waals surface area (Å²) in [5, 5.41) is 0. The Morgan fingerprint density at radius 3 is 1.03 bits per heavy atom. The van der Waals surface area contributed by atoms with Gasteiger partial charge in [0.15, 0.2) is 0 Å². The Hall–Kier alpha value is -0.240. The van der Waals surface area contributed by atoms with Gasteiger partial charge in [0.2, 0.25) is 0 Å². The summed E-state index contributed by atoms with van der Waals surface area (Å²) >= 11 is 0. The van der Waals surface area contributed by atoms with Crippen molar-refractivity contribution < 1.29 is 18.9 Å². The summed E-state index contributed by atoms with van der Waals surface area (Å²) in [7, 11) is 0. The Balaban J connectivity index is 1.25. The van der Waals surface area contributed by atoms with E-state index in [0.29, 0.717) is 24.4 Å². The van der Waals surface area contributed by atoms with Crippen LogP contribution in [0.2, 0.25) is 0 Å². The quantitative estimate of drug-likeness (QED) is 0.379. The molecule has 0 bridgehead atoms. The summed E-state index contributed by atoms with van der Waals surface area (Å²) in [6.45, 7) is 20.5. The fraction of sp³-hybridized carbons (Fsp3) is 1.00. The molecule has 4 saturated heterocycles. The standard InChI is InChI=1S/C26H46N2O4/c1-17(2)25-19(7-27(9-21-13-29-21)10-22-14-30-22)5-6-20(26(25)18(3)4)8-28(11-23-15-31-23)12-24-16-32-24/h17-26H,5-16H2,1-4H3. The molecule has 6 nitrogen and oxygen atoms in total. The molecular formula is C26H46N2O4. The fourth-order valence-corrected chi connectivity index (χ4v) is 6.80. The van der Waals surface area contributed by atoms with Crippen molar-refractivity contribution >= 4 is 0 Å². The van der Waals surface area contributed by atoms with Crippen LogP contribution in [0.1, 0.15) is 40.5 Å².